The number of hydrogen-bond donors (Lipinski definition) is 0. The van der Waals surface area contributed by atoms with E-state index >= 15 is 0 Å². The van der Waals surface area contributed by atoms with Crippen LogP contribution in [-0.4, -0.2) is 5.78 Å². The molecule has 104 valence electrons. The van der Waals surface area contributed by atoms with Crippen molar-refractivity contribution < 1.29 is 4.79 Å². The molecule has 0 amide bonds. The molecule has 0 radical (unpaired) electrons. The summed E-state index contributed by atoms with van der Waals surface area (Å²) in [6.45, 7) is 0. The van der Waals surface area contributed by atoms with Gasteiger partial charge in [-0.1, -0.05) is 65.9 Å². The van der Waals surface area contributed by atoms with Crippen LogP contribution in [0.3, 0.4) is 0 Å². The highest BCUT2D eigenvalue weighted by molar-refractivity contribution is 9.10. The van der Waals surface area contributed by atoms with Crippen molar-refractivity contribution in [2.24, 2.45) is 5.92 Å². The number of rotatable bonds is 2. The minimum atomic E-state index is 0.224. The number of fused-ring (bicyclic) bond motifs is 1. The second-order valence-electron chi connectivity index (χ2n) is 5.69. The molecular weight excluding hydrogens is 312 g/mol. The van der Waals surface area contributed by atoms with Crippen LogP contribution in [0.15, 0.2) is 40.9 Å². The third-order valence-corrected chi connectivity index (χ3v) is 5.05. The highest BCUT2D eigenvalue weighted by Gasteiger charge is 2.23. The van der Waals surface area contributed by atoms with Crippen LogP contribution in [0.1, 0.15) is 48.9 Å². The molecule has 0 aromatic heterocycles. The van der Waals surface area contributed by atoms with Gasteiger partial charge in [0.15, 0.2) is 5.78 Å². The molecule has 1 fully saturated rings. The first-order valence-electron chi connectivity index (χ1n) is 7.49. The van der Waals surface area contributed by atoms with Crippen molar-refractivity contribution in [3.63, 3.8) is 0 Å². The van der Waals surface area contributed by atoms with Gasteiger partial charge in [-0.15, -0.1) is 0 Å². The van der Waals surface area contributed by atoms with Gasteiger partial charge in [0.05, 0.1) is 0 Å². The molecule has 1 nitrogen and oxygen atoms in total. The van der Waals surface area contributed by atoms with Crippen molar-refractivity contribution in [2.45, 2.75) is 38.5 Å². The van der Waals surface area contributed by atoms with Crippen LogP contribution in [0.2, 0.25) is 0 Å². The summed E-state index contributed by atoms with van der Waals surface area (Å²) >= 11 is 3.58. The zero-order chi connectivity index (χ0) is 13.9. The second kappa shape index (κ2) is 6.09. The Bertz CT molecular complexity index is 624. The molecular formula is C18H19BrO. The maximum absolute atomic E-state index is 12.9. The third-order valence-electron chi connectivity index (χ3n) is 4.36. The molecule has 0 N–H and O–H groups in total. The van der Waals surface area contributed by atoms with E-state index in [0.717, 1.165) is 33.7 Å². The van der Waals surface area contributed by atoms with E-state index in [1.807, 2.05) is 24.3 Å². The molecule has 0 unspecified atom stereocenters. The van der Waals surface area contributed by atoms with Crippen LogP contribution >= 0.6 is 15.9 Å². The van der Waals surface area contributed by atoms with Crippen molar-refractivity contribution in [2.75, 3.05) is 0 Å². The predicted molar refractivity (Wildman–Crippen MR) is 87.2 cm³/mol. The van der Waals surface area contributed by atoms with Crippen molar-refractivity contribution in [3.8, 4) is 0 Å². The molecule has 0 bridgehead atoms. The van der Waals surface area contributed by atoms with Crippen LogP contribution in [-0.2, 0) is 0 Å². The number of carbonyl (C=O) groups is 1. The largest absolute Gasteiger partial charge is 0.294 e. The first-order chi connectivity index (χ1) is 9.77. The maximum Gasteiger partial charge on any atom is 0.166 e. The molecule has 2 aromatic rings. The fourth-order valence-corrected chi connectivity index (χ4v) is 3.72. The third kappa shape index (κ3) is 2.67. The summed E-state index contributed by atoms with van der Waals surface area (Å²) in [5.74, 6) is 0.567. The Kier molecular flexibility index (Phi) is 4.21. The minimum absolute atomic E-state index is 0.224. The van der Waals surface area contributed by atoms with Gasteiger partial charge >= 0.3 is 0 Å². The van der Waals surface area contributed by atoms with Gasteiger partial charge in [-0.25, -0.2) is 0 Å². The Balaban J connectivity index is 2.01. The quantitative estimate of drug-likeness (QED) is 0.505. The van der Waals surface area contributed by atoms with Gasteiger partial charge in [0.25, 0.3) is 0 Å². The standard InChI is InChI=1S/C18H19BrO/c19-17-12-11-16(14-9-5-6-10-15(14)17)18(20)13-7-3-1-2-4-8-13/h5-6,9-13H,1-4,7-8H2. The second-order valence-corrected chi connectivity index (χ2v) is 6.55. The zero-order valence-corrected chi connectivity index (χ0v) is 13.2. The lowest BCUT2D eigenvalue weighted by molar-refractivity contribution is 0.0909. The van der Waals surface area contributed by atoms with Crippen LogP contribution in [0.5, 0.6) is 0 Å². The average Bonchev–Trinajstić information content (AvgIpc) is 2.76. The molecule has 3 rings (SSSR count). The van der Waals surface area contributed by atoms with Gasteiger partial charge in [0.1, 0.15) is 0 Å². The smallest absolute Gasteiger partial charge is 0.166 e. The van der Waals surface area contributed by atoms with Crippen molar-refractivity contribution in [1.82, 2.24) is 0 Å². The van der Waals surface area contributed by atoms with Crippen LogP contribution in [0, 0.1) is 5.92 Å². The van der Waals surface area contributed by atoms with Crippen molar-refractivity contribution in [3.05, 3.63) is 46.4 Å². The fourth-order valence-electron chi connectivity index (χ4n) is 3.24. The van der Waals surface area contributed by atoms with E-state index in [1.54, 1.807) is 0 Å². The monoisotopic (exact) mass is 330 g/mol. The van der Waals surface area contributed by atoms with Crippen molar-refractivity contribution in [1.29, 1.82) is 0 Å². The molecule has 0 spiro atoms. The van der Waals surface area contributed by atoms with E-state index < -0.39 is 0 Å². The summed E-state index contributed by atoms with van der Waals surface area (Å²) in [5, 5.41) is 2.21. The van der Waals surface area contributed by atoms with E-state index in [-0.39, 0.29) is 5.92 Å². The van der Waals surface area contributed by atoms with E-state index in [1.165, 1.54) is 25.7 Å². The Labute approximate surface area is 128 Å². The number of ketones is 1. The van der Waals surface area contributed by atoms with Gasteiger partial charge in [-0.05, 0) is 35.7 Å². The molecule has 0 saturated heterocycles. The van der Waals surface area contributed by atoms with Gasteiger partial charge in [0.2, 0.25) is 0 Å². The van der Waals surface area contributed by atoms with Gasteiger partial charge in [-0.2, -0.15) is 0 Å². The number of hydrogen-bond acceptors (Lipinski definition) is 1. The molecule has 0 atom stereocenters. The Hall–Kier alpha value is -1.15. The van der Waals surface area contributed by atoms with E-state index in [4.69, 9.17) is 0 Å². The number of carbonyl (C=O) groups excluding carboxylic acids is 1. The van der Waals surface area contributed by atoms with E-state index in [0.29, 0.717) is 5.78 Å². The SMILES string of the molecule is O=C(c1ccc(Br)c2ccccc12)C1CCCCCC1. The predicted octanol–water partition coefficient (Wildman–Crippen LogP) is 5.76. The lowest BCUT2D eigenvalue weighted by Crippen LogP contribution is -2.14. The molecule has 1 aliphatic carbocycles. The lowest BCUT2D eigenvalue weighted by Gasteiger charge is -2.15. The molecule has 0 aliphatic heterocycles. The normalized spacial score (nSPS) is 17.1. The van der Waals surface area contributed by atoms with E-state index in [9.17, 15) is 4.79 Å². The summed E-state index contributed by atoms with van der Waals surface area (Å²) in [7, 11) is 0. The first kappa shape index (κ1) is 13.8. The van der Waals surface area contributed by atoms with Gasteiger partial charge in [-0.3, -0.25) is 4.79 Å². The van der Waals surface area contributed by atoms with Gasteiger partial charge in [0, 0.05) is 16.0 Å². The topological polar surface area (TPSA) is 17.1 Å². The molecule has 20 heavy (non-hydrogen) atoms. The van der Waals surface area contributed by atoms with Gasteiger partial charge < -0.3 is 0 Å². The maximum atomic E-state index is 12.9. The Morgan fingerprint density at radius 1 is 0.900 bits per heavy atom. The summed E-state index contributed by atoms with van der Waals surface area (Å²) in [6.07, 6.45) is 7.08. The first-order valence-corrected chi connectivity index (χ1v) is 8.28. The average molecular weight is 331 g/mol. The Morgan fingerprint density at radius 3 is 2.25 bits per heavy atom. The highest BCUT2D eigenvalue weighted by Crippen LogP contribution is 2.31. The summed E-state index contributed by atoms with van der Waals surface area (Å²) in [6, 6.07) is 12.2. The molecule has 2 aromatic carbocycles. The summed E-state index contributed by atoms with van der Waals surface area (Å²) in [5.41, 5.74) is 0.899. The van der Waals surface area contributed by atoms with Crippen LogP contribution in [0.25, 0.3) is 10.8 Å². The molecule has 1 aliphatic rings. The highest BCUT2D eigenvalue weighted by atomic mass is 79.9. The molecule has 0 heterocycles. The lowest BCUT2D eigenvalue weighted by atomic mass is 9.89. The number of halogens is 1. The molecule has 2 heteroatoms. The van der Waals surface area contributed by atoms with Crippen molar-refractivity contribution >= 4 is 32.5 Å². The molecule has 1 saturated carbocycles. The van der Waals surface area contributed by atoms with Crippen LogP contribution < -0.4 is 0 Å². The Morgan fingerprint density at radius 2 is 1.55 bits per heavy atom. The number of benzene rings is 2. The minimum Gasteiger partial charge on any atom is -0.294 e. The van der Waals surface area contributed by atoms with Crippen LogP contribution in [0.4, 0.5) is 0 Å². The summed E-state index contributed by atoms with van der Waals surface area (Å²) < 4.78 is 1.06. The number of Topliss-reactive ketones (excluding diaryl/α,β-unsaturated/α-hetero) is 1. The summed E-state index contributed by atoms with van der Waals surface area (Å²) in [4.78, 5) is 12.9. The van der Waals surface area contributed by atoms with E-state index in [2.05, 4.69) is 28.1 Å². The fraction of sp³-hybridized carbons (Fsp3) is 0.389. The zero-order valence-electron chi connectivity index (χ0n) is 11.6.